The zero-order valence-corrected chi connectivity index (χ0v) is 11.3. The summed E-state index contributed by atoms with van der Waals surface area (Å²) >= 11 is 6.25. The van der Waals surface area contributed by atoms with E-state index in [4.69, 9.17) is 11.6 Å². The van der Waals surface area contributed by atoms with Crippen LogP contribution >= 0.6 is 11.6 Å². The lowest BCUT2D eigenvalue weighted by Crippen LogP contribution is -2.20. The maximum atomic E-state index is 13.0. The molecule has 0 aliphatic rings. The van der Waals surface area contributed by atoms with Gasteiger partial charge < -0.3 is 0 Å². The van der Waals surface area contributed by atoms with Crippen molar-refractivity contribution < 1.29 is 8.78 Å². The van der Waals surface area contributed by atoms with Crippen LogP contribution in [0.25, 0.3) is 0 Å². The molecule has 1 atom stereocenters. The van der Waals surface area contributed by atoms with E-state index < -0.39 is 11.6 Å². The van der Waals surface area contributed by atoms with Crippen molar-refractivity contribution in [2.24, 2.45) is 5.41 Å². The summed E-state index contributed by atoms with van der Waals surface area (Å²) in [5, 5.41) is 0.104. The summed E-state index contributed by atoms with van der Waals surface area (Å²) in [5.41, 5.74) is 0.900. The number of rotatable bonds is 4. The van der Waals surface area contributed by atoms with Crippen LogP contribution < -0.4 is 0 Å². The van der Waals surface area contributed by atoms with Crippen LogP contribution in [0.3, 0.4) is 0 Å². The van der Waals surface area contributed by atoms with Crippen molar-refractivity contribution in [2.45, 2.75) is 45.4 Å². The van der Waals surface area contributed by atoms with Gasteiger partial charge in [0.25, 0.3) is 0 Å². The molecule has 1 unspecified atom stereocenters. The molecule has 3 heteroatoms. The predicted octanol–water partition coefficient (Wildman–Crippen LogP) is 4.94. The van der Waals surface area contributed by atoms with Crippen molar-refractivity contribution in [3.63, 3.8) is 0 Å². The van der Waals surface area contributed by atoms with Gasteiger partial charge in [0.1, 0.15) is 0 Å². The van der Waals surface area contributed by atoms with Gasteiger partial charge in [0, 0.05) is 5.38 Å². The highest BCUT2D eigenvalue weighted by Crippen LogP contribution is 2.28. The molecule has 0 bridgehead atoms. The number of aryl methyl sites for hydroxylation is 1. The molecule has 17 heavy (non-hydrogen) atoms. The average Bonchev–Trinajstić information content (AvgIpc) is 2.22. The molecule has 0 fully saturated rings. The Morgan fingerprint density at radius 3 is 2.35 bits per heavy atom. The highest BCUT2D eigenvalue weighted by atomic mass is 35.5. The second-order valence-electron chi connectivity index (χ2n) is 5.47. The Labute approximate surface area is 107 Å². The molecule has 0 aromatic heterocycles. The second-order valence-corrected chi connectivity index (χ2v) is 6.00. The predicted molar refractivity (Wildman–Crippen MR) is 68.4 cm³/mol. The van der Waals surface area contributed by atoms with Crippen LogP contribution in [0, 0.1) is 17.0 Å². The fourth-order valence-electron chi connectivity index (χ4n) is 1.61. The standard InChI is InChI=1S/C14H19ClF2/c1-14(2,3)13(15)6-4-5-10-7-8-11(16)12(17)9-10/h7-9,13H,4-6H2,1-3H3. The lowest BCUT2D eigenvalue weighted by molar-refractivity contribution is 0.369. The number of hydrogen-bond donors (Lipinski definition) is 0. The summed E-state index contributed by atoms with van der Waals surface area (Å²) in [7, 11) is 0. The van der Waals surface area contributed by atoms with Crippen LogP contribution in [-0.2, 0) is 6.42 Å². The number of alkyl halides is 1. The molecular weight excluding hydrogens is 242 g/mol. The molecule has 0 aliphatic heterocycles. The van der Waals surface area contributed by atoms with E-state index in [1.807, 2.05) is 0 Å². The summed E-state index contributed by atoms with van der Waals surface area (Å²) in [5.74, 6) is -1.57. The summed E-state index contributed by atoms with van der Waals surface area (Å²) < 4.78 is 25.7. The summed E-state index contributed by atoms with van der Waals surface area (Å²) in [6.45, 7) is 6.30. The Morgan fingerprint density at radius 1 is 1.18 bits per heavy atom. The number of hydrogen-bond acceptors (Lipinski definition) is 0. The van der Waals surface area contributed by atoms with Gasteiger partial charge in [0.2, 0.25) is 0 Å². The minimum absolute atomic E-state index is 0.0790. The van der Waals surface area contributed by atoms with Crippen molar-refractivity contribution in [3.8, 4) is 0 Å². The van der Waals surface area contributed by atoms with Crippen LogP contribution in [0.2, 0.25) is 0 Å². The van der Waals surface area contributed by atoms with E-state index in [0.717, 1.165) is 24.8 Å². The molecular formula is C14H19ClF2. The molecule has 0 heterocycles. The van der Waals surface area contributed by atoms with Crippen LogP contribution in [0.15, 0.2) is 18.2 Å². The monoisotopic (exact) mass is 260 g/mol. The highest BCUT2D eigenvalue weighted by Gasteiger charge is 2.21. The van der Waals surface area contributed by atoms with E-state index in [9.17, 15) is 8.78 Å². The first-order valence-corrected chi connectivity index (χ1v) is 6.32. The topological polar surface area (TPSA) is 0 Å². The molecule has 1 aromatic carbocycles. The van der Waals surface area contributed by atoms with E-state index in [0.29, 0.717) is 0 Å². The molecule has 0 N–H and O–H groups in total. The maximum Gasteiger partial charge on any atom is 0.159 e. The van der Waals surface area contributed by atoms with Crippen LogP contribution in [0.5, 0.6) is 0 Å². The normalized spacial score (nSPS) is 13.8. The highest BCUT2D eigenvalue weighted by molar-refractivity contribution is 6.21. The van der Waals surface area contributed by atoms with Gasteiger partial charge >= 0.3 is 0 Å². The van der Waals surface area contributed by atoms with Crippen LogP contribution in [0.4, 0.5) is 8.78 Å². The van der Waals surface area contributed by atoms with Crippen molar-refractivity contribution in [1.29, 1.82) is 0 Å². The molecule has 1 rings (SSSR count). The first-order valence-electron chi connectivity index (χ1n) is 5.88. The molecule has 96 valence electrons. The van der Waals surface area contributed by atoms with Gasteiger partial charge in [-0.05, 0) is 42.4 Å². The van der Waals surface area contributed by atoms with Gasteiger partial charge in [0.05, 0.1) is 0 Å². The van der Waals surface area contributed by atoms with Crippen molar-refractivity contribution >= 4 is 11.6 Å². The lowest BCUT2D eigenvalue weighted by atomic mass is 9.88. The molecule has 0 radical (unpaired) electrons. The van der Waals surface area contributed by atoms with Crippen LogP contribution in [0.1, 0.15) is 39.2 Å². The Balaban J connectivity index is 2.44. The quantitative estimate of drug-likeness (QED) is 0.673. The first-order chi connectivity index (χ1) is 7.80. The van der Waals surface area contributed by atoms with Gasteiger partial charge in [-0.1, -0.05) is 26.8 Å². The number of benzene rings is 1. The molecule has 0 spiro atoms. The largest absolute Gasteiger partial charge is 0.204 e. The van der Waals surface area contributed by atoms with Crippen molar-refractivity contribution in [1.82, 2.24) is 0 Å². The summed E-state index contributed by atoms with van der Waals surface area (Å²) in [4.78, 5) is 0. The molecule has 0 amide bonds. The van der Waals surface area contributed by atoms with E-state index in [1.165, 1.54) is 12.1 Å². The molecule has 0 aliphatic carbocycles. The van der Waals surface area contributed by atoms with E-state index >= 15 is 0 Å². The zero-order valence-electron chi connectivity index (χ0n) is 10.6. The van der Waals surface area contributed by atoms with Gasteiger partial charge in [-0.3, -0.25) is 0 Å². The molecule has 0 saturated heterocycles. The van der Waals surface area contributed by atoms with Crippen molar-refractivity contribution in [2.75, 3.05) is 0 Å². The Morgan fingerprint density at radius 2 is 1.82 bits per heavy atom. The van der Waals surface area contributed by atoms with Gasteiger partial charge in [-0.25, -0.2) is 8.78 Å². The Hall–Kier alpha value is -0.630. The zero-order chi connectivity index (χ0) is 13.1. The summed E-state index contributed by atoms with van der Waals surface area (Å²) in [6, 6.07) is 4.06. The van der Waals surface area contributed by atoms with Gasteiger partial charge in [0.15, 0.2) is 11.6 Å². The van der Waals surface area contributed by atoms with Crippen molar-refractivity contribution in [3.05, 3.63) is 35.4 Å². The van der Waals surface area contributed by atoms with Gasteiger partial charge in [-0.15, -0.1) is 11.6 Å². The Kier molecular flexibility index (Phi) is 4.93. The second kappa shape index (κ2) is 5.81. The third-order valence-corrected chi connectivity index (χ3v) is 3.72. The minimum atomic E-state index is -0.793. The molecule has 1 aromatic rings. The summed E-state index contributed by atoms with van der Waals surface area (Å²) in [6.07, 6.45) is 2.50. The lowest BCUT2D eigenvalue weighted by Gasteiger charge is -2.24. The molecule has 0 nitrogen and oxygen atoms in total. The maximum absolute atomic E-state index is 13.0. The molecule has 0 saturated carbocycles. The number of halogens is 3. The first kappa shape index (κ1) is 14.4. The minimum Gasteiger partial charge on any atom is -0.204 e. The average molecular weight is 261 g/mol. The third kappa shape index (κ3) is 4.63. The third-order valence-electron chi connectivity index (χ3n) is 2.85. The Bertz CT molecular complexity index is 369. The fourth-order valence-corrected chi connectivity index (χ4v) is 1.77. The van der Waals surface area contributed by atoms with E-state index in [-0.39, 0.29) is 10.8 Å². The van der Waals surface area contributed by atoms with Gasteiger partial charge in [-0.2, -0.15) is 0 Å². The smallest absolute Gasteiger partial charge is 0.159 e. The van der Waals surface area contributed by atoms with Crippen LogP contribution in [-0.4, -0.2) is 5.38 Å². The fraction of sp³-hybridized carbons (Fsp3) is 0.571. The SMILES string of the molecule is CC(C)(C)C(Cl)CCCc1ccc(F)c(F)c1. The van der Waals surface area contributed by atoms with E-state index in [2.05, 4.69) is 20.8 Å². The van der Waals surface area contributed by atoms with E-state index in [1.54, 1.807) is 6.07 Å².